The molecule has 2 saturated heterocycles. The third-order valence-corrected chi connectivity index (χ3v) is 7.64. The lowest BCUT2D eigenvalue weighted by molar-refractivity contribution is 0.0240. The highest BCUT2D eigenvalue weighted by Crippen LogP contribution is 2.40. The fourth-order valence-corrected chi connectivity index (χ4v) is 5.61. The molecule has 3 aromatic heterocycles. The number of piperidine rings is 1. The Labute approximate surface area is 193 Å². The lowest BCUT2D eigenvalue weighted by Gasteiger charge is -2.30. The van der Waals surface area contributed by atoms with E-state index in [1.807, 2.05) is 26.0 Å². The van der Waals surface area contributed by atoms with E-state index in [0.717, 1.165) is 29.7 Å². The summed E-state index contributed by atoms with van der Waals surface area (Å²) in [6.07, 6.45) is 8.95. The third kappa shape index (κ3) is 3.61. The van der Waals surface area contributed by atoms with Crippen molar-refractivity contribution in [2.45, 2.75) is 82.9 Å². The number of nitrogens with zero attached hydrogens (tertiary/aromatic N) is 4. The second kappa shape index (κ2) is 8.18. The molecule has 33 heavy (non-hydrogen) atoms. The Morgan fingerprint density at radius 3 is 2.48 bits per heavy atom. The zero-order valence-electron chi connectivity index (χ0n) is 19.5. The quantitative estimate of drug-likeness (QED) is 0.493. The van der Waals surface area contributed by atoms with Crippen molar-refractivity contribution in [3.63, 3.8) is 0 Å². The number of aromatic nitrogens is 4. The van der Waals surface area contributed by atoms with Gasteiger partial charge in [-0.25, -0.2) is 4.98 Å². The summed E-state index contributed by atoms with van der Waals surface area (Å²) in [7, 11) is 0. The Balaban J connectivity index is 1.60. The number of nitrogen functional groups attached to an aromatic ring is 1. The summed E-state index contributed by atoms with van der Waals surface area (Å²) >= 11 is 0. The first-order valence-corrected chi connectivity index (χ1v) is 12.0. The van der Waals surface area contributed by atoms with Crippen LogP contribution in [0.2, 0.25) is 0 Å². The molecule has 5 heterocycles. The lowest BCUT2D eigenvalue weighted by Crippen LogP contribution is -2.38. The van der Waals surface area contributed by atoms with Gasteiger partial charge >= 0.3 is 0 Å². The molecule has 0 amide bonds. The van der Waals surface area contributed by atoms with Crippen molar-refractivity contribution in [1.82, 2.24) is 24.9 Å². The molecule has 0 spiro atoms. The van der Waals surface area contributed by atoms with Gasteiger partial charge in [0.1, 0.15) is 11.4 Å². The van der Waals surface area contributed by atoms with Crippen molar-refractivity contribution in [2.75, 3.05) is 5.73 Å². The molecule has 0 aliphatic carbocycles. The van der Waals surface area contributed by atoms with Crippen molar-refractivity contribution in [3.8, 4) is 11.1 Å². The highest BCUT2D eigenvalue weighted by Gasteiger charge is 2.37. The molecule has 5 rings (SSSR count). The van der Waals surface area contributed by atoms with E-state index in [2.05, 4.69) is 15.4 Å². The minimum absolute atomic E-state index is 0.0794. The predicted molar refractivity (Wildman–Crippen MR) is 127 cm³/mol. The Bertz CT molecular complexity index is 1190. The van der Waals surface area contributed by atoms with Crippen LogP contribution in [0.25, 0.3) is 16.8 Å². The summed E-state index contributed by atoms with van der Waals surface area (Å²) < 4.78 is 1.56. The van der Waals surface area contributed by atoms with Gasteiger partial charge < -0.3 is 16.2 Å². The second-order valence-electron chi connectivity index (χ2n) is 9.58. The van der Waals surface area contributed by atoms with Crippen molar-refractivity contribution >= 4 is 17.2 Å². The first-order valence-electron chi connectivity index (χ1n) is 12.0. The molecule has 8 nitrogen and oxygen atoms in total. The van der Waals surface area contributed by atoms with Gasteiger partial charge in [-0.3, -0.25) is 9.78 Å². The van der Waals surface area contributed by atoms with Gasteiger partial charge in [0.2, 0.25) is 0 Å². The number of aliphatic hydroxyl groups is 1. The number of anilines is 1. The van der Waals surface area contributed by atoms with Gasteiger partial charge in [0.05, 0.1) is 23.1 Å². The second-order valence-corrected chi connectivity index (χ2v) is 9.58. The maximum atomic E-state index is 12.6. The van der Waals surface area contributed by atoms with Crippen LogP contribution >= 0.6 is 0 Å². The molecule has 2 aliphatic rings. The first-order chi connectivity index (χ1) is 15.8. The molecule has 8 heteroatoms. The van der Waals surface area contributed by atoms with Crippen LogP contribution in [0.5, 0.6) is 0 Å². The number of nitrogens with two attached hydrogens (primary N) is 1. The summed E-state index contributed by atoms with van der Waals surface area (Å²) in [4.78, 5) is 22.2. The number of pyridine rings is 1. The van der Waals surface area contributed by atoms with E-state index >= 15 is 0 Å². The van der Waals surface area contributed by atoms with E-state index in [1.165, 1.54) is 12.8 Å². The lowest BCUT2D eigenvalue weighted by atomic mass is 9.86. The fourth-order valence-electron chi connectivity index (χ4n) is 5.61. The number of fused-ring (bicyclic) bond motifs is 3. The summed E-state index contributed by atoms with van der Waals surface area (Å²) in [5, 5.41) is 18.9. The van der Waals surface area contributed by atoms with Crippen molar-refractivity contribution in [2.24, 2.45) is 0 Å². The number of ketones is 1. The first kappa shape index (κ1) is 22.0. The monoisotopic (exact) mass is 448 g/mol. The van der Waals surface area contributed by atoms with Gasteiger partial charge in [0.15, 0.2) is 11.4 Å². The van der Waals surface area contributed by atoms with Crippen LogP contribution < -0.4 is 11.1 Å². The minimum Gasteiger partial charge on any atom is -0.384 e. The summed E-state index contributed by atoms with van der Waals surface area (Å²) in [6.45, 7) is 5.46. The Hall–Kier alpha value is -2.84. The summed E-state index contributed by atoms with van der Waals surface area (Å²) in [5.41, 5.74) is 9.81. The van der Waals surface area contributed by atoms with Crippen LogP contribution in [-0.2, 0) is 5.60 Å². The van der Waals surface area contributed by atoms with Crippen molar-refractivity contribution in [3.05, 3.63) is 41.5 Å². The summed E-state index contributed by atoms with van der Waals surface area (Å²) in [5.74, 6) is 0.460. The van der Waals surface area contributed by atoms with Crippen LogP contribution in [-0.4, -0.2) is 42.6 Å². The van der Waals surface area contributed by atoms with Crippen LogP contribution in [0.4, 0.5) is 5.82 Å². The molecule has 2 aliphatic heterocycles. The molecule has 3 atom stereocenters. The van der Waals surface area contributed by atoms with E-state index in [4.69, 9.17) is 10.7 Å². The molecule has 4 N–H and O–H groups in total. The Kier molecular flexibility index (Phi) is 5.45. The number of hydrogen-bond acceptors (Lipinski definition) is 7. The number of hydrogen-bond donors (Lipinski definition) is 3. The topological polar surface area (TPSA) is 118 Å². The zero-order chi connectivity index (χ0) is 23.3. The average molecular weight is 449 g/mol. The minimum atomic E-state index is -0.930. The molecular formula is C25H32N6O2. The van der Waals surface area contributed by atoms with Gasteiger partial charge in [-0.05, 0) is 51.5 Å². The van der Waals surface area contributed by atoms with E-state index in [-0.39, 0.29) is 11.7 Å². The molecule has 0 aromatic carbocycles. The SMILES string of the molecule is CCC(O)(CC)c1ccc(-c2cnn3c(N)c(C(C)=O)c([C@H]4C[C@H]5CC[C@@H](C4)N5)nc23)cn1. The average Bonchev–Trinajstić information content (AvgIpc) is 3.40. The Morgan fingerprint density at radius 1 is 1.21 bits per heavy atom. The van der Waals surface area contributed by atoms with Gasteiger partial charge in [-0.2, -0.15) is 9.61 Å². The smallest absolute Gasteiger partial charge is 0.165 e. The summed E-state index contributed by atoms with van der Waals surface area (Å²) in [6, 6.07) is 4.76. The van der Waals surface area contributed by atoms with Crippen molar-refractivity contribution in [1.29, 1.82) is 0 Å². The third-order valence-electron chi connectivity index (χ3n) is 7.64. The van der Waals surface area contributed by atoms with Gasteiger partial charge in [0.25, 0.3) is 0 Å². The molecule has 0 saturated carbocycles. The predicted octanol–water partition coefficient (Wildman–Crippen LogP) is 3.58. The molecule has 3 aromatic rings. The highest BCUT2D eigenvalue weighted by molar-refractivity contribution is 6.00. The normalized spacial score (nSPS) is 22.7. The maximum absolute atomic E-state index is 12.6. The molecule has 174 valence electrons. The number of carbonyl (C=O) groups excluding carboxylic acids is 1. The number of Topliss-reactive ketones (excluding diaryl/α,β-unsaturated/α-hetero) is 1. The van der Waals surface area contributed by atoms with Crippen LogP contribution in [0.15, 0.2) is 24.5 Å². The standard InChI is InChI=1S/C25H32N6O2/c1-4-25(33,5-2)20-9-6-15(12-27-20)19-13-28-31-23(26)21(14(3)32)22(30-24(19)31)16-10-17-7-8-18(11-16)29-17/h6,9,12-13,16-18,29,33H,4-5,7-8,10-11,26H2,1-3H3/t16-,17+,18-. The highest BCUT2D eigenvalue weighted by atomic mass is 16.3. The molecule has 2 bridgehead atoms. The largest absolute Gasteiger partial charge is 0.384 e. The molecular weight excluding hydrogens is 416 g/mol. The van der Waals surface area contributed by atoms with Gasteiger partial charge in [0, 0.05) is 35.3 Å². The number of nitrogens with one attached hydrogen (secondary N) is 1. The molecule has 0 unspecified atom stereocenters. The van der Waals surface area contributed by atoms with E-state index in [1.54, 1.807) is 23.8 Å². The zero-order valence-corrected chi connectivity index (χ0v) is 19.5. The number of rotatable bonds is 6. The Morgan fingerprint density at radius 2 is 1.91 bits per heavy atom. The van der Waals surface area contributed by atoms with Crippen LogP contribution in [0, 0.1) is 0 Å². The number of carbonyl (C=O) groups is 1. The van der Waals surface area contributed by atoms with E-state index in [9.17, 15) is 9.90 Å². The molecule has 2 fully saturated rings. The fraction of sp³-hybridized carbons (Fsp3) is 0.520. The van der Waals surface area contributed by atoms with Crippen molar-refractivity contribution < 1.29 is 9.90 Å². The maximum Gasteiger partial charge on any atom is 0.165 e. The van der Waals surface area contributed by atoms with Gasteiger partial charge in [-0.1, -0.05) is 19.9 Å². The van der Waals surface area contributed by atoms with Crippen LogP contribution in [0.3, 0.4) is 0 Å². The van der Waals surface area contributed by atoms with Gasteiger partial charge in [-0.15, -0.1) is 0 Å². The van der Waals surface area contributed by atoms with Crippen LogP contribution in [0.1, 0.15) is 87.0 Å². The molecule has 0 radical (unpaired) electrons. The van der Waals surface area contributed by atoms with E-state index in [0.29, 0.717) is 47.6 Å². The van der Waals surface area contributed by atoms with E-state index < -0.39 is 5.60 Å².